The molecule has 0 saturated carbocycles. The quantitative estimate of drug-likeness (QED) is 0.0986. The van der Waals surface area contributed by atoms with E-state index in [1.54, 1.807) is 0 Å². The highest BCUT2D eigenvalue weighted by Crippen LogP contribution is 2.50. The van der Waals surface area contributed by atoms with Crippen molar-refractivity contribution in [1.29, 1.82) is 0 Å². The Bertz CT molecular complexity index is 2140. The van der Waals surface area contributed by atoms with Crippen LogP contribution in [-0.4, -0.2) is 7.54 Å². The van der Waals surface area contributed by atoms with Gasteiger partial charge in [0.15, 0.2) is 61.2 Å². The standard InChI is InChI=1S/C20H13F4S2.C12H4F4S2.C8H10.BF3.FH/c1-2-11-3-5-12(6-4-11)26-19-9-15(23)13(21)7-17(19)25-18-8-14(22)16(24)10-20(18)26;13-5-1-9-10(2-6(5)14)18-12-4-8(16)7(15)3-11(12)17-9;1-2-8-6-4-3-5-7-8;2-1(3)4;/h3-10H,2H2,1H3;1-4H;3-7H,2H2,1H3;;1H/q+1;;;;/p-1. The third-order valence-corrected chi connectivity index (χ3v) is 14.0. The molecule has 0 aliphatic carbocycles. The topological polar surface area (TPSA) is 0 Å². The smallest absolute Gasteiger partial charge is 0.762 e. The van der Waals surface area contributed by atoms with Gasteiger partial charge in [-0.05, 0) is 72.5 Å². The summed E-state index contributed by atoms with van der Waals surface area (Å²) in [5, 5.41) is 0. The van der Waals surface area contributed by atoms with Gasteiger partial charge in [0.25, 0.3) is 0 Å². The molecule has 6 aromatic rings. The minimum Gasteiger partial charge on any atom is -1.00 e. The molecule has 8 rings (SSSR count). The van der Waals surface area contributed by atoms with Gasteiger partial charge in [0.05, 0.1) is 9.79 Å². The third kappa shape index (κ3) is 11.5. The van der Waals surface area contributed by atoms with Gasteiger partial charge < -0.3 is 4.70 Å². The number of benzene rings is 6. The van der Waals surface area contributed by atoms with Gasteiger partial charge in [-0.25, -0.2) is 35.1 Å². The predicted octanol–water partition coefficient (Wildman–Crippen LogP) is 11.4. The van der Waals surface area contributed by atoms with E-state index < -0.39 is 65.0 Å². The van der Waals surface area contributed by atoms with Crippen molar-refractivity contribution in [1.82, 2.24) is 0 Å². The van der Waals surface area contributed by atoms with Crippen LogP contribution in [0.5, 0.6) is 0 Å². The molecule has 0 spiro atoms. The SMILES string of the molecule is CCc1ccc([S+]2c3cc(F)c(F)cc3Sc3cc(F)c(F)cc32)cc1.CCc1ccccc1.FB(F)F.Fc1cc2c(cc1F)Sc1cc(F)c(F)cc1S2.[F-]. The molecule has 0 atom stereocenters. The molecule has 0 bridgehead atoms. The molecule has 298 valence electrons. The highest BCUT2D eigenvalue weighted by molar-refractivity contribution is 8.05. The second kappa shape index (κ2) is 20.6. The highest BCUT2D eigenvalue weighted by atomic mass is 32.2. The van der Waals surface area contributed by atoms with Crippen molar-refractivity contribution < 1.29 is 52.8 Å². The Kier molecular flexibility index (Phi) is 16.5. The molecule has 0 N–H and O–H groups in total. The first-order chi connectivity index (χ1) is 26.7. The van der Waals surface area contributed by atoms with Crippen molar-refractivity contribution in [3.63, 3.8) is 0 Å². The van der Waals surface area contributed by atoms with E-state index in [-0.39, 0.29) is 4.70 Å². The van der Waals surface area contributed by atoms with Crippen LogP contribution in [0.1, 0.15) is 25.0 Å². The van der Waals surface area contributed by atoms with Crippen molar-refractivity contribution in [3.8, 4) is 0 Å². The summed E-state index contributed by atoms with van der Waals surface area (Å²) in [7, 11) is -4.51. The lowest BCUT2D eigenvalue weighted by atomic mass is 10.2. The molecule has 2 aliphatic heterocycles. The molecular weight excluding hydrogens is 847 g/mol. The molecule has 0 unspecified atom stereocenters. The van der Waals surface area contributed by atoms with Gasteiger partial charge in [-0.15, -0.1) is 0 Å². The van der Waals surface area contributed by atoms with Crippen molar-refractivity contribution in [2.75, 3.05) is 0 Å². The minimum atomic E-state index is -3.67. The van der Waals surface area contributed by atoms with Crippen LogP contribution in [0.3, 0.4) is 0 Å². The zero-order valence-electron chi connectivity index (χ0n) is 29.5. The number of hydrogen-bond donors (Lipinski definition) is 0. The summed E-state index contributed by atoms with van der Waals surface area (Å²) in [6, 6.07) is 27.0. The van der Waals surface area contributed by atoms with Crippen LogP contribution in [0.2, 0.25) is 0 Å². The van der Waals surface area contributed by atoms with Gasteiger partial charge in [-0.3, -0.25) is 12.9 Å². The predicted molar refractivity (Wildman–Crippen MR) is 201 cm³/mol. The van der Waals surface area contributed by atoms with Crippen molar-refractivity contribution >= 4 is 53.7 Å². The van der Waals surface area contributed by atoms with Crippen LogP contribution in [0, 0.1) is 46.5 Å². The monoisotopic (exact) mass is 874 g/mol. The third-order valence-electron chi connectivity index (χ3n) is 7.86. The van der Waals surface area contributed by atoms with E-state index >= 15 is 0 Å². The normalized spacial score (nSPS) is 12.0. The Morgan fingerprint density at radius 3 is 1.02 bits per heavy atom. The summed E-state index contributed by atoms with van der Waals surface area (Å²) in [6.07, 6.45) is 2.01. The molecule has 2 heterocycles. The van der Waals surface area contributed by atoms with Crippen LogP contribution < -0.4 is 4.70 Å². The maximum atomic E-state index is 13.9. The first kappa shape index (κ1) is 45.6. The highest BCUT2D eigenvalue weighted by Gasteiger charge is 2.40. The fourth-order valence-corrected chi connectivity index (χ4v) is 11.1. The van der Waals surface area contributed by atoms with E-state index in [4.69, 9.17) is 0 Å². The first-order valence-corrected chi connectivity index (χ1v) is 20.2. The summed E-state index contributed by atoms with van der Waals surface area (Å²) in [5.74, 6) is -7.60. The number of rotatable bonds is 3. The summed E-state index contributed by atoms with van der Waals surface area (Å²) >= 11 is 3.32. The molecule has 2 aliphatic rings. The lowest BCUT2D eigenvalue weighted by molar-refractivity contribution is -0.0000179. The molecule has 0 nitrogen and oxygen atoms in total. The van der Waals surface area contributed by atoms with Crippen LogP contribution in [0.15, 0.2) is 147 Å². The Balaban J connectivity index is 0.000000200. The zero-order chi connectivity index (χ0) is 40.7. The van der Waals surface area contributed by atoms with Crippen LogP contribution >= 0.6 is 35.3 Å². The van der Waals surface area contributed by atoms with E-state index in [2.05, 4.69) is 31.2 Å². The fourth-order valence-electron chi connectivity index (χ4n) is 5.14. The van der Waals surface area contributed by atoms with Gasteiger partial charge in [-0.2, -0.15) is 0 Å². The van der Waals surface area contributed by atoms with E-state index in [0.717, 1.165) is 95.0 Å². The molecule has 0 fully saturated rings. The van der Waals surface area contributed by atoms with Gasteiger partial charge in [0, 0.05) is 31.7 Å². The van der Waals surface area contributed by atoms with Gasteiger partial charge in [-0.1, -0.05) is 91.6 Å². The van der Waals surface area contributed by atoms with E-state index in [9.17, 15) is 48.1 Å². The van der Waals surface area contributed by atoms with Gasteiger partial charge >= 0.3 is 7.54 Å². The van der Waals surface area contributed by atoms with Gasteiger partial charge in [0.1, 0.15) is 10.9 Å². The maximum absolute atomic E-state index is 13.9. The first-order valence-electron chi connectivity index (χ1n) is 16.5. The van der Waals surface area contributed by atoms with E-state index in [1.165, 1.54) is 17.7 Å². The minimum absolute atomic E-state index is 0. The molecule has 0 radical (unpaired) electrons. The Hall–Kier alpha value is -4.06. The number of halogens is 12. The lowest BCUT2D eigenvalue weighted by Crippen LogP contribution is -3.00. The summed E-state index contributed by atoms with van der Waals surface area (Å²) < 4.78 is 137. The number of aryl methyl sites for hydroxylation is 2. The molecule has 57 heavy (non-hydrogen) atoms. The second-order valence-electron chi connectivity index (χ2n) is 11.5. The molecular formula is C40H27BF12S4. The molecule has 17 heteroatoms. The summed E-state index contributed by atoms with van der Waals surface area (Å²) in [4.78, 5) is 5.04. The van der Waals surface area contributed by atoms with Crippen molar-refractivity contribution in [2.45, 2.75) is 70.7 Å². The number of hydrogen-bond acceptors (Lipinski definition) is 3. The summed E-state index contributed by atoms with van der Waals surface area (Å²) in [6.45, 7) is 4.20. The Labute approximate surface area is 336 Å². The van der Waals surface area contributed by atoms with E-state index in [1.807, 2.05) is 37.3 Å². The maximum Gasteiger partial charge on any atom is 0.762 e. The zero-order valence-corrected chi connectivity index (χ0v) is 32.7. The van der Waals surface area contributed by atoms with E-state index in [0.29, 0.717) is 39.2 Å². The van der Waals surface area contributed by atoms with Crippen LogP contribution in [0.4, 0.5) is 48.1 Å². The van der Waals surface area contributed by atoms with Crippen LogP contribution in [-0.2, 0) is 23.7 Å². The number of fused-ring (bicyclic) bond motifs is 4. The Morgan fingerprint density at radius 1 is 0.421 bits per heavy atom. The van der Waals surface area contributed by atoms with Crippen molar-refractivity contribution in [2.24, 2.45) is 0 Å². The largest absolute Gasteiger partial charge is 1.00 e. The van der Waals surface area contributed by atoms with Crippen molar-refractivity contribution in [3.05, 3.63) is 161 Å². The lowest BCUT2D eigenvalue weighted by Gasteiger charge is -2.19. The Morgan fingerprint density at radius 2 is 0.702 bits per heavy atom. The molecule has 0 saturated heterocycles. The van der Waals surface area contributed by atoms with Crippen LogP contribution in [0.25, 0.3) is 0 Å². The molecule has 0 aromatic heterocycles. The summed E-state index contributed by atoms with van der Waals surface area (Å²) in [5.41, 5.74) is 2.55. The molecule has 6 aromatic carbocycles. The average molecular weight is 875 g/mol. The van der Waals surface area contributed by atoms with Gasteiger partial charge in [0.2, 0.25) is 0 Å². The average Bonchev–Trinajstić information content (AvgIpc) is 3.16. The second-order valence-corrected chi connectivity index (χ2v) is 16.8. The molecule has 0 amide bonds. The fraction of sp³-hybridized carbons (Fsp3) is 0.100.